The number of esters is 1. The molecule has 2 aromatic carbocycles. The molecule has 2 aromatic rings. The van der Waals surface area contributed by atoms with E-state index in [1.54, 1.807) is 0 Å². The third-order valence-corrected chi connectivity index (χ3v) is 3.20. The van der Waals surface area contributed by atoms with E-state index >= 15 is 0 Å². The molecule has 9 heteroatoms. The van der Waals surface area contributed by atoms with E-state index in [0.29, 0.717) is 5.56 Å². The lowest BCUT2D eigenvalue weighted by Gasteiger charge is -2.07. The highest BCUT2D eigenvalue weighted by molar-refractivity contribution is 5.92. The summed E-state index contributed by atoms with van der Waals surface area (Å²) in [7, 11) is 0. The van der Waals surface area contributed by atoms with Crippen molar-refractivity contribution in [2.45, 2.75) is 6.54 Å². The molecule has 2 rings (SSSR count). The Kier molecular flexibility index (Phi) is 5.62. The van der Waals surface area contributed by atoms with E-state index in [4.69, 9.17) is 10.5 Å². The first-order valence-corrected chi connectivity index (χ1v) is 7.09. The van der Waals surface area contributed by atoms with Crippen LogP contribution in [0.25, 0.3) is 0 Å². The molecule has 0 heterocycles. The van der Waals surface area contributed by atoms with Crippen molar-refractivity contribution in [2.75, 3.05) is 12.3 Å². The van der Waals surface area contributed by atoms with Gasteiger partial charge in [-0.2, -0.15) is 0 Å². The van der Waals surface area contributed by atoms with Crippen molar-refractivity contribution in [1.29, 1.82) is 0 Å². The minimum atomic E-state index is -0.889. The zero-order valence-electron chi connectivity index (χ0n) is 12.9. The van der Waals surface area contributed by atoms with Crippen LogP contribution in [0.1, 0.15) is 15.9 Å². The number of rotatable bonds is 6. The van der Waals surface area contributed by atoms with Gasteiger partial charge in [0.05, 0.1) is 10.5 Å². The molecule has 0 bridgehead atoms. The summed E-state index contributed by atoms with van der Waals surface area (Å²) in [5.41, 5.74) is 5.52. The third kappa shape index (κ3) is 4.99. The molecule has 0 aliphatic carbocycles. The predicted octanol–water partition coefficient (Wildman–Crippen LogP) is 1.79. The molecule has 0 radical (unpaired) electrons. The van der Waals surface area contributed by atoms with Gasteiger partial charge in [-0.15, -0.1) is 0 Å². The molecule has 0 spiro atoms. The van der Waals surface area contributed by atoms with Crippen LogP contribution in [0.4, 0.5) is 15.8 Å². The molecule has 130 valence electrons. The smallest absolute Gasteiger partial charge is 0.338 e. The number of amides is 1. The van der Waals surface area contributed by atoms with Crippen LogP contribution in [0.2, 0.25) is 0 Å². The Labute approximate surface area is 141 Å². The predicted molar refractivity (Wildman–Crippen MR) is 86.0 cm³/mol. The number of nitro groups is 1. The number of anilines is 1. The minimum Gasteiger partial charge on any atom is -0.452 e. The van der Waals surface area contributed by atoms with Gasteiger partial charge in [0.15, 0.2) is 6.61 Å². The molecule has 0 aliphatic heterocycles. The van der Waals surface area contributed by atoms with Crippen molar-refractivity contribution in [2.24, 2.45) is 0 Å². The van der Waals surface area contributed by atoms with Crippen molar-refractivity contribution in [1.82, 2.24) is 5.32 Å². The summed E-state index contributed by atoms with van der Waals surface area (Å²) in [6.45, 7) is -0.414. The Bertz CT molecular complexity index is 808. The molecule has 0 saturated heterocycles. The topological polar surface area (TPSA) is 125 Å². The van der Waals surface area contributed by atoms with E-state index in [1.165, 1.54) is 36.4 Å². The molecule has 0 aromatic heterocycles. The summed E-state index contributed by atoms with van der Waals surface area (Å²) in [6, 6.07) is 8.99. The molecule has 1 amide bonds. The number of nitrogens with one attached hydrogen (secondary N) is 1. The lowest BCUT2D eigenvalue weighted by Crippen LogP contribution is -2.28. The van der Waals surface area contributed by atoms with E-state index < -0.39 is 29.1 Å². The van der Waals surface area contributed by atoms with Crippen molar-refractivity contribution in [3.8, 4) is 0 Å². The average Bonchev–Trinajstić information content (AvgIpc) is 2.59. The second kappa shape index (κ2) is 7.86. The first kappa shape index (κ1) is 17.9. The molecule has 25 heavy (non-hydrogen) atoms. The van der Waals surface area contributed by atoms with Gasteiger partial charge in [0.2, 0.25) is 0 Å². The summed E-state index contributed by atoms with van der Waals surface area (Å²) < 4.78 is 17.6. The van der Waals surface area contributed by atoms with Crippen molar-refractivity contribution in [3.63, 3.8) is 0 Å². The number of benzene rings is 2. The fraction of sp³-hybridized carbons (Fsp3) is 0.125. The zero-order chi connectivity index (χ0) is 18.4. The molecule has 3 N–H and O–H groups in total. The van der Waals surface area contributed by atoms with Crippen LogP contribution in [0.5, 0.6) is 0 Å². The number of ether oxygens (including phenoxy) is 1. The first-order chi connectivity index (χ1) is 11.9. The number of nitro benzene ring substituents is 1. The molecule has 0 aliphatic rings. The van der Waals surface area contributed by atoms with Crippen LogP contribution in [-0.4, -0.2) is 23.4 Å². The van der Waals surface area contributed by atoms with Crippen LogP contribution in [0.3, 0.4) is 0 Å². The van der Waals surface area contributed by atoms with E-state index in [1.807, 2.05) is 0 Å². The van der Waals surface area contributed by atoms with E-state index in [-0.39, 0.29) is 23.6 Å². The summed E-state index contributed by atoms with van der Waals surface area (Å²) >= 11 is 0. The number of hydrogen-bond acceptors (Lipinski definition) is 6. The van der Waals surface area contributed by atoms with Gasteiger partial charge in [-0.25, -0.2) is 9.18 Å². The standard InChI is InChI=1S/C16H14FN3O5/c17-12-4-1-10(2-5-12)8-19-15(21)9-25-16(22)11-3-6-13(18)14(7-11)20(23)24/h1-7H,8-9,18H2,(H,19,21). The largest absolute Gasteiger partial charge is 0.452 e. The highest BCUT2D eigenvalue weighted by atomic mass is 19.1. The number of nitrogens with zero attached hydrogens (tertiary/aromatic N) is 1. The van der Waals surface area contributed by atoms with E-state index in [0.717, 1.165) is 6.07 Å². The SMILES string of the molecule is Nc1ccc(C(=O)OCC(=O)NCc2ccc(F)cc2)cc1[N+](=O)[O-]. The van der Waals surface area contributed by atoms with E-state index in [2.05, 4.69) is 5.32 Å². The molecule has 0 atom stereocenters. The normalized spacial score (nSPS) is 10.1. The van der Waals surface area contributed by atoms with Crippen LogP contribution in [-0.2, 0) is 16.1 Å². The zero-order valence-corrected chi connectivity index (χ0v) is 12.9. The van der Waals surface area contributed by atoms with Gasteiger partial charge in [-0.3, -0.25) is 14.9 Å². The number of hydrogen-bond donors (Lipinski definition) is 2. The van der Waals surface area contributed by atoms with Gasteiger partial charge in [0.1, 0.15) is 11.5 Å². The lowest BCUT2D eigenvalue weighted by atomic mass is 10.2. The van der Waals surface area contributed by atoms with Crippen LogP contribution < -0.4 is 11.1 Å². The summed E-state index contributed by atoms with van der Waals surface area (Å²) in [5, 5.41) is 13.3. The Hall–Kier alpha value is -3.49. The number of carbonyl (C=O) groups excluding carboxylic acids is 2. The van der Waals surface area contributed by atoms with Crippen LogP contribution in [0, 0.1) is 15.9 Å². The quantitative estimate of drug-likeness (QED) is 0.355. The lowest BCUT2D eigenvalue weighted by molar-refractivity contribution is -0.383. The molecular formula is C16H14FN3O5. The molecule has 0 fully saturated rings. The molecule has 0 unspecified atom stereocenters. The van der Waals surface area contributed by atoms with Crippen molar-refractivity contribution in [3.05, 3.63) is 69.5 Å². The average molecular weight is 347 g/mol. The van der Waals surface area contributed by atoms with Gasteiger partial charge in [-0.1, -0.05) is 12.1 Å². The maximum Gasteiger partial charge on any atom is 0.338 e. The Morgan fingerprint density at radius 3 is 2.52 bits per heavy atom. The summed E-state index contributed by atoms with van der Waals surface area (Å²) in [6.07, 6.45) is 0. The maximum absolute atomic E-state index is 12.8. The second-order valence-corrected chi connectivity index (χ2v) is 5.01. The Morgan fingerprint density at radius 2 is 1.88 bits per heavy atom. The number of carbonyl (C=O) groups is 2. The molecule has 0 saturated carbocycles. The van der Waals surface area contributed by atoms with Gasteiger partial charge in [0, 0.05) is 12.6 Å². The van der Waals surface area contributed by atoms with Gasteiger partial charge >= 0.3 is 5.97 Å². The third-order valence-electron chi connectivity index (χ3n) is 3.20. The Morgan fingerprint density at radius 1 is 1.20 bits per heavy atom. The van der Waals surface area contributed by atoms with Crippen molar-refractivity contribution < 1.29 is 23.6 Å². The number of halogens is 1. The minimum absolute atomic E-state index is 0.0846. The first-order valence-electron chi connectivity index (χ1n) is 7.09. The summed E-state index contributed by atoms with van der Waals surface area (Å²) in [5.74, 6) is -1.84. The fourth-order valence-electron chi connectivity index (χ4n) is 1.90. The summed E-state index contributed by atoms with van der Waals surface area (Å²) in [4.78, 5) is 33.6. The fourth-order valence-corrected chi connectivity index (χ4v) is 1.90. The van der Waals surface area contributed by atoms with Crippen LogP contribution in [0.15, 0.2) is 42.5 Å². The monoisotopic (exact) mass is 347 g/mol. The highest BCUT2D eigenvalue weighted by Gasteiger charge is 2.17. The van der Waals surface area contributed by atoms with E-state index in [9.17, 15) is 24.1 Å². The molecular weight excluding hydrogens is 333 g/mol. The van der Waals surface area contributed by atoms with Gasteiger partial charge in [-0.05, 0) is 29.8 Å². The van der Waals surface area contributed by atoms with Crippen LogP contribution >= 0.6 is 0 Å². The van der Waals surface area contributed by atoms with Crippen molar-refractivity contribution >= 4 is 23.3 Å². The van der Waals surface area contributed by atoms with Gasteiger partial charge in [0.25, 0.3) is 11.6 Å². The molecule has 8 nitrogen and oxygen atoms in total. The Balaban J connectivity index is 1.87. The highest BCUT2D eigenvalue weighted by Crippen LogP contribution is 2.22. The van der Waals surface area contributed by atoms with Gasteiger partial charge < -0.3 is 15.8 Å². The second-order valence-electron chi connectivity index (χ2n) is 5.01. The number of nitrogens with two attached hydrogens (primary N) is 1. The maximum atomic E-state index is 12.8. The number of nitrogen functional groups attached to an aromatic ring is 1.